The molecule has 0 amide bonds. The number of aryl methyl sites for hydroxylation is 1. The molecule has 1 heterocycles. The van der Waals surface area contributed by atoms with Crippen molar-refractivity contribution in [2.24, 2.45) is 0 Å². The number of benzene rings is 1. The Morgan fingerprint density at radius 1 is 1.30 bits per heavy atom. The molecule has 1 unspecified atom stereocenters. The molecule has 1 aromatic carbocycles. The first kappa shape index (κ1) is 16.9. The monoisotopic (exact) mass is 527 g/mol. The maximum absolute atomic E-state index is 3.71. The second kappa shape index (κ2) is 7.72. The highest BCUT2D eigenvalue weighted by molar-refractivity contribution is 14.1. The van der Waals surface area contributed by atoms with Gasteiger partial charge in [-0.05, 0) is 88.2 Å². The molecule has 5 heteroatoms. The largest absolute Gasteiger partial charge is 0.306 e. The maximum atomic E-state index is 3.71. The lowest BCUT2D eigenvalue weighted by atomic mass is 10.1. The van der Waals surface area contributed by atoms with Gasteiger partial charge in [0.25, 0.3) is 0 Å². The fourth-order valence-electron chi connectivity index (χ4n) is 2.07. The first-order valence-electron chi connectivity index (χ1n) is 6.47. The summed E-state index contributed by atoms with van der Waals surface area (Å²) in [5, 5.41) is 3.68. The van der Waals surface area contributed by atoms with E-state index in [1.165, 1.54) is 23.4 Å². The normalized spacial score (nSPS) is 12.7. The van der Waals surface area contributed by atoms with Crippen LogP contribution in [0.15, 0.2) is 33.2 Å². The van der Waals surface area contributed by atoms with E-state index in [0.29, 0.717) is 0 Å². The summed E-state index contributed by atoms with van der Waals surface area (Å²) in [7, 11) is 0. The molecule has 108 valence electrons. The van der Waals surface area contributed by atoms with Crippen molar-refractivity contribution in [1.29, 1.82) is 0 Å². The lowest BCUT2D eigenvalue weighted by Gasteiger charge is -2.20. The Labute approximate surface area is 155 Å². The lowest BCUT2D eigenvalue weighted by molar-refractivity contribution is 0.602. The van der Waals surface area contributed by atoms with E-state index < -0.39 is 0 Å². The fraction of sp³-hybridized carbons (Fsp3) is 0.333. The van der Waals surface area contributed by atoms with Crippen molar-refractivity contribution in [1.82, 2.24) is 5.32 Å². The molecule has 1 atom stereocenters. The van der Waals surface area contributed by atoms with Gasteiger partial charge in [0.05, 0.1) is 6.04 Å². The van der Waals surface area contributed by atoms with Crippen LogP contribution < -0.4 is 5.32 Å². The van der Waals surface area contributed by atoms with Crippen LogP contribution in [-0.4, -0.2) is 6.54 Å². The summed E-state index contributed by atoms with van der Waals surface area (Å²) < 4.78 is 3.61. The van der Waals surface area contributed by atoms with Gasteiger partial charge in [-0.25, -0.2) is 0 Å². The minimum atomic E-state index is 0.243. The minimum absolute atomic E-state index is 0.243. The Morgan fingerprint density at radius 3 is 2.65 bits per heavy atom. The first-order chi connectivity index (χ1) is 9.52. The Balaban J connectivity index is 2.46. The summed E-state index contributed by atoms with van der Waals surface area (Å²) in [5.74, 6) is 0. The van der Waals surface area contributed by atoms with Crippen LogP contribution in [0.5, 0.6) is 0 Å². The standard InChI is InChI=1S/C15H16Br2INS/c1-3-6-19-14(15-12(17)7-9(2)20-15)11-8-10(16)4-5-13(11)18/h4-5,7-8,14,19H,3,6H2,1-2H3. The van der Waals surface area contributed by atoms with Crippen LogP contribution in [0.1, 0.15) is 34.7 Å². The van der Waals surface area contributed by atoms with E-state index in [-0.39, 0.29) is 6.04 Å². The SMILES string of the molecule is CCCNC(c1cc(Br)ccc1I)c1sc(C)cc1Br. The molecule has 0 saturated heterocycles. The van der Waals surface area contributed by atoms with Crippen LogP contribution in [0.2, 0.25) is 0 Å². The van der Waals surface area contributed by atoms with Crippen LogP contribution in [0, 0.1) is 10.5 Å². The van der Waals surface area contributed by atoms with Gasteiger partial charge in [-0.1, -0.05) is 22.9 Å². The van der Waals surface area contributed by atoms with Gasteiger partial charge in [0, 0.05) is 22.3 Å². The summed E-state index contributed by atoms with van der Waals surface area (Å²) in [5.41, 5.74) is 1.33. The number of nitrogens with one attached hydrogen (secondary N) is 1. The molecule has 1 aromatic heterocycles. The minimum Gasteiger partial charge on any atom is -0.306 e. The van der Waals surface area contributed by atoms with Crippen LogP contribution in [0.4, 0.5) is 0 Å². The molecule has 0 radical (unpaired) electrons. The fourth-order valence-corrected chi connectivity index (χ4v) is 5.07. The van der Waals surface area contributed by atoms with Crippen LogP contribution >= 0.6 is 65.8 Å². The quantitative estimate of drug-likeness (QED) is 0.451. The van der Waals surface area contributed by atoms with E-state index >= 15 is 0 Å². The predicted octanol–water partition coefficient (Wildman–Crippen LogP) is 6.28. The number of rotatable bonds is 5. The molecule has 0 aliphatic heterocycles. The highest BCUT2D eigenvalue weighted by Gasteiger charge is 2.21. The van der Waals surface area contributed by atoms with Crippen molar-refractivity contribution < 1.29 is 0 Å². The van der Waals surface area contributed by atoms with Gasteiger partial charge >= 0.3 is 0 Å². The highest BCUT2D eigenvalue weighted by atomic mass is 127. The van der Waals surface area contributed by atoms with Crippen molar-refractivity contribution in [3.05, 3.63) is 52.1 Å². The zero-order valence-electron chi connectivity index (χ0n) is 11.3. The van der Waals surface area contributed by atoms with Gasteiger partial charge in [-0.2, -0.15) is 0 Å². The third-order valence-electron chi connectivity index (χ3n) is 2.97. The molecule has 20 heavy (non-hydrogen) atoms. The molecule has 1 N–H and O–H groups in total. The predicted molar refractivity (Wildman–Crippen MR) is 104 cm³/mol. The molecule has 0 aliphatic rings. The van der Waals surface area contributed by atoms with Crippen molar-refractivity contribution >= 4 is 65.8 Å². The average Bonchev–Trinajstić information content (AvgIpc) is 2.73. The summed E-state index contributed by atoms with van der Waals surface area (Å²) in [6.45, 7) is 5.36. The van der Waals surface area contributed by atoms with Gasteiger partial charge in [-0.3, -0.25) is 0 Å². The Kier molecular flexibility index (Phi) is 6.53. The summed E-state index contributed by atoms with van der Waals surface area (Å²) in [6.07, 6.45) is 1.13. The van der Waals surface area contributed by atoms with Crippen molar-refractivity contribution in [2.75, 3.05) is 6.54 Å². The first-order valence-corrected chi connectivity index (χ1v) is 9.95. The Bertz CT molecular complexity index is 598. The molecule has 0 spiro atoms. The Hall–Kier alpha value is 0.570. The van der Waals surface area contributed by atoms with Gasteiger partial charge in [-0.15, -0.1) is 11.3 Å². The van der Waals surface area contributed by atoms with Gasteiger partial charge in [0.15, 0.2) is 0 Å². The average molecular weight is 529 g/mol. The zero-order chi connectivity index (χ0) is 14.7. The molecule has 0 bridgehead atoms. The number of thiophene rings is 1. The molecule has 2 aromatic rings. The van der Waals surface area contributed by atoms with Crippen LogP contribution in [0.3, 0.4) is 0 Å². The number of hydrogen-bond acceptors (Lipinski definition) is 2. The van der Waals surface area contributed by atoms with E-state index in [1.807, 2.05) is 11.3 Å². The smallest absolute Gasteiger partial charge is 0.0693 e. The second-order valence-corrected chi connectivity index (χ2v) is 8.84. The number of halogens is 3. The van der Waals surface area contributed by atoms with Crippen molar-refractivity contribution in [2.45, 2.75) is 26.3 Å². The van der Waals surface area contributed by atoms with Crippen molar-refractivity contribution in [3.8, 4) is 0 Å². The third kappa shape index (κ3) is 4.06. The molecule has 0 aliphatic carbocycles. The van der Waals surface area contributed by atoms with Gasteiger partial charge in [0.2, 0.25) is 0 Å². The molecule has 0 fully saturated rings. The van der Waals surface area contributed by atoms with Gasteiger partial charge in [0.1, 0.15) is 0 Å². The van der Waals surface area contributed by atoms with E-state index in [2.05, 4.69) is 97.9 Å². The molecule has 1 nitrogen and oxygen atoms in total. The molecule has 0 saturated carbocycles. The van der Waals surface area contributed by atoms with E-state index in [4.69, 9.17) is 0 Å². The number of hydrogen-bond donors (Lipinski definition) is 1. The zero-order valence-corrected chi connectivity index (χ0v) is 17.5. The third-order valence-corrected chi connectivity index (χ3v) is 6.48. The molecule has 2 rings (SSSR count). The van der Waals surface area contributed by atoms with Crippen LogP contribution in [-0.2, 0) is 0 Å². The van der Waals surface area contributed by atoms with Crippen molar-refractivity contribution in [3.63, 3.8) is 0 Å². The molecular formula is C15H16Br2INS. The summed E-state index contributed by atoms with van der Waals surface area (Å²) in [4.78, 5) is 2.69. The topological polar surface area (TPSA) is 12.0 Å². The van der Waals surface area contributed by atoms with Crippen LogP contribution in [0.25, 0.3) is 0 Å². The lowest BCUT2D eigenvalue weighted by Crippen LogP contribution is -2.23. The van der Waals surface area contributed by atoms with Gasteiger partial charge < -0.3 is 5.32 Å². The van der Waals surface area contributed by atoms with E-state index in [9.17, 15) is 0 Å². The Morgan fingerprint density at radius 2 is 2.05 bits per heavy atom. The highest BCUT2D eigenvalue weighted by Crippen LogP contribution is 2.37. The van der Waals surface area contributed by atoms with E-state index in [0.717, 1.165) is 17.4 Å². The van der Waals surface area contributed by atoms with E-state index in [1.54, 1.807) is 0 Å². The summed E-state index contributed by atoms with van der Waals surface area (Å²) in [6, 6.07) is 8.92. The second-order valence-electron chi connectivity index (χ2n) is 4.62. The summed E-state index contributed by atoms with van der Waals surface area (Å²) >= 11 is 11.6. The maximum Gasteiger partial charge on any atom is 0.0693 e. The molecular weight excluding hydrogens is 513 g/mol.